The van der Waals surface area contributed by atoms with Gasteiger partial charge in [0.1, 0.15) is 5.52 Å². The number of fused-ring (bicyclic) bond motifs is 1. The van der Waals surface area contributed by atoms with Gasteiger partial charge in [-0.1, -0.05) is 6.07 Å². The van der Waals surface area contributed by atoms with E-state index < -0.39 is 5.82 Å². The number of aromatic nitrogens is 1. The number of rotatable bonds is 1. The Kier molecular flexibility index (Phi) is 2.08. The fourth-order valence-electron chi connectivity index (χ4n) is 1.66. The van der Waals surface area contributed by atoms with Crippen molar-refractivity contribution in [3.63, 3.8) is 0 Å². The number of anilines is 1. The Balaban J connectivity index is 2.18. The van der Waals surface area contributed by atoms with E-state index in [1.165, 1.54) is 6.07 Å². The molecule has 2 aromatic carbocycles. The van der Waals surface area contributed by atoms with Crippen molar-refractivity contribution in [1.29, 1.82) is 0 Å². The third kappa shape index (κ3) is 1.63. The monoisotopic (exact) mass is 228 g/mol. The molecule has 0 aliphatic carbocycles. The topological polar surface area (TPSA) is 52.0 Å². The number of halogens is 1. The van der Waals surface area contributed by atoms with E-state index in [0.29, 0.717) is 17.1 Å². The Morgan fingerprint density at radius 1 is 1.06 bits per heavy atom. The Labute approximate surface area is 96.7 Å². The minimum absolute atomic E-state index is 0.180. The molecule has 0 radical (unpaired) electrons. The molecule has 3 rings (SSSR count). The van der Waals surface area contributed by atoms with Crippen molar-refractivity contribution < 1.29 is 8.81 Å². The van der Waals surface area contributed by atoms with Gasteiger partial charge in [-0.3, -0.25) is 0 Å². The average Bonchev–Trinajstić information content (AvgIpc) is 2.75. The van der Waals surface area contributed by atoms with Gasteiger partial charge in [0.2, 0.25) is 5.89 Å². The highest BCUT2D eigenvalue weighted by molar-refractivity contribution is 5.76. The number of nitrogens with zero attached hydrogens (tertiary/aromatic N) is 1. The van der Waals surface area contributed by atoms with Crippen LogP contribution in [0.2, 0.25) is 0 Å². The molecule has 0 unspecified atom stereocenters. The van der Waals surface area contributed by atoms with Gasteiger partial charge in [-0.05, 0) is 36.4 Å². The van der Waals surface area contributed by atoms with Crippen LogP contribution < -0.4 is 5.73 Å². The molecule has 4 heteroatoms. The lowest BCUT2D eigenvalue weighted by atomic mass is 10.2. The summed E-state index contributed by atoms with van der Waals surface area (Å²) in [7, 11) is 0. The van der Waals surface area contributed by atoms with E-state index >= 15 is 0 Å². The van der Waals surface area contributed by atoms with Crippen LogP contribution in [0.25, 0.3) is 22.6 Å². The Hall–Kier alpha value is -2.36. The number of oxazole rings is 1. The maximum atomic E-state index is 13.4. The molecule has 1 aromatic heterocycles. The molecule has 0 saturated heterocycles. The first kappa shape index (κ1) is 9.84. The predicted molar refractivity (Wildman–Crippen MR) is 63.8 cm³/mol. The molecule has 3 nitrogen and oxygen atoms in total. The van der Waals surface area contributed by atoms with Crippen molar-refractivity contribution in [2.45, 2.75) is 0 Å². The summed E-state index contributed by atoms with van der Waals surface area (Å²) in [5.41, 5.74) is 7.72. The SMILES string of the molecule is Nc1ccc(-c2nc3cccc(F)c3o2)cc1. The molecule has 0 atom stereocenters. The lowest BCUT2D eigenvalue weighted by Crippen LogP contribution is -1.83. The van der Waals surface area contributed by atoms with Gasteiger partial charge in [0, 0.05) is 11.3 Å². The number of hydrogen-bond donors (Lipinski definition) is 1. The molecule has 0 bridgehead atoms. The smallest absolute Gasteiger partial charge is 0.227 e. The minimum atomic E-state index is -0.406. The highest BCUT2D eigenvalue weighted by Crippen LogP contribution is 2.26. The van der Waals surface area contributed by atoms with E-state index in [1.807, 2.05) is 0 Å². The van der Waals surface area contributed by atoms with Crippen LogP contribution in [0.15, 0.2) is 46.9 Å². The van der Waals surface area contributed by atoms with Gasteiger partial charge in [-0.2, -0.15) is 0 Å². The van der Waals surface area contributed by atoms with Crippen LogP contribution in [0.1, 0.15) is 0 Å². The standard InChI is InChI=1S/C13H9FN2O/c14-10-2-1-3-11-12(10)17-13(16-11)8-4-6-9(15)7-5-8/h1-7H,15H2. The number of hydrogen-bond acceptors (Lipinski definition) is 3. The summed E-state index contributed by atoms with van der Waals surface area (Å²) in [6.07, 6.45) is 0. The molecule has 0 amide bonds. The lowest BCUT2D eigenvalue weighted by molar-refractivity contribution is 0.564. The minimum Gasteiger partial charge on any atom is -0.433 e. The molecule has 2 N–H and O–H groups in total. The van der Waals surface area contributed by atoms with Gasteiger partial charge in [-0.25, -0.2) is 9.37 Å². The summed E-state index contributed by atoms with van der Waals surface area (Å²) in [6.45, 7) is 0. The van der Waals surface area contributed by atoms with E-state index in [1.54, 1.807) is 36.4 Å². The van der Waals surface area contributed by atoms with E-state index in [9.17, 15) is 4.39 Å². The summed E-state index contributed by atoms with van der Waals surface area (Å²) in [6, 6.07) is 11.7. The Morgan fingerprint density at radius 2 is 1.82 bits per heavy atom. The second kappa shape index (κ2) is 3.59. The van der Waals surface area contributed by atoms with Crippen LogP contribution in [0.5, 0.6) is 0 Å². The molecular formula is C13H9FN2O. The van der Waals surface area contributed by atoms with Gasteiger partial charge in [-0.15, -0.1) is 0 Å². The Bertz CT molecular complexity index is 673. The number of para-hydroxylation sites is 1. The fourth-order valence-corrected chi connectivity index (χ4v) is 1.66. The van der Waals surface area contributed by atoms with Crippen LogP contribution in [0, 0.1) is 5.82 Å². The van der Waals surface area contributed by atoms with E-state index in [-0.39, 0.29) is 5.58 Å². The molecule has 0 aliphatic rings. The molecule has 0 saturated carbocycles. The van der Waals surface area contributed by atoms with Crippen LogP contribution in [0.4, 0.5) is 10.1 Å². The number of nitrogens with two attached hydrogens (primary N) is 1. The Morgan fingerprint density at radius 3 is 2.53 bits per heavy atom. The summed E-state index contributed by atoms with van der Waals surface area (Å²) in [5, 5.41) is 0. The van der Waals surface area contributed by atoms with Crippen LogP contribution in [-0.2, 0) is 0 Å². The van der Waals surface area contributed by atoms with E-state index in [0.717, 1.165) is 5.56 Å². The van der Waals surface area contributed by atoms with Crippen molar-refractivity contribution in [2.24, 2.45) is 0 Å². The lowest BCUT2D eigenvalue weighted by Gasteiger charge is -1.95. The van der Waals surface area contributed by atoms with Crippen molar-refractivity contribution in [1.82, 2.24) is 4.98 Å². The zero-order chi connectivity index (χ0) is 11.8. The van der Waals surface area contributed by atoms with Crippen LogP contribution in [-0.4, -0.2) is 4.98 Å². The van der Waals surface area contributed by atoms with Gasteiger partial charge in [0.15, 0.2) is 11.4 Å². The maximum absolute atomic E-state index is 13.4. The van der Waals surface area contributed by atoms with Crippen LogP contribution >= 0.6 is 0 Å². The van der Waals surface area contributed by atoms with Gasteiger partial charge in [0.05, 0.1) is 0 Å². The zero-order valence-electron chi connectivity index (χ0n) is 8.85. The molecule has 0 spiro atoms. The van der Waals surface area contributed by atoms with Gasteiger partial charge < -0.3 is 10.2 Å². The van der Waals surface area contributed by atoms with Crippen molar-refractivity contribution in [3.8, 4) is 11.5 Å². The predicted octanol–water partition coefficient (Wildman–Crippen LogP) is 3.22. The molecule has 1 heterocycles. The third-order valence-electron chi connectivity index (χ3n) is 2.52. The van der Waals surface area contributed by atoms with E-state index in [2.05, 4.69) is 4.98 Å². The zero-order valence-corrected chi connectivity index (χ0v) is 8.85. The first-order chi connectivity index (χ1) is 8.24. The highest BCUT2D eigenvalue weighted by atomic mass is 19.1. The number of benzene rings is 2. The second-order valence-electron chi connectivity index (χ2n) is 3.73. The molecule has 84 valence electrons. The summed E-state index contributed by atoms with van der Waals surface area (Å²) in [5.74, 6) is -0.0122. The highest BCUT2D eigenvalue weighted by Gasteiger charge is 2.10. The summed E-state index contributed by atoms with van der Waals surface area (Å²) >= 11 is 0. The first-order valence-electron chi connectivity index (χ1n) is 5.15. The second-order valence-corrected chi connectivity index (χ2v) is 3.73. The molecule has 0 aliphatic heterocycles. The van der Waals surface area contributed by atoms with Crippen molar-refractivity contribution in [3.05, 3.63) is 48.3 Å². The van der Waals surface area contributed by atoms with E-state index in [4.69, 9.17) is 10.2 Å². The van der Waals surface area contributed by atoms with Crippen LogP contribution in [0.3, 0.4) is 0 Å². The quantitative estimate of drug-likeness (QED) is 0.650. The molecule has 17 heavy (non-hydrogen) atoms. The molecule has 0 fully saturated rings. The van der Waals surface area contributed by atoms with Crippen molar-refractivity contribution in [2.75, 3.05) is 5.73 Å². The van der Waals surface area contributed by atoms with Gasteiger partial charge in [0.25, 0.3) is 0 Å². The molecule has 3 aromatic rings. The maximum Gasteiger partial charge on any atom is 0.227 e. The van der Waals surface area contributed by atoms with Crippen molar-refractivity contribution >= 4 is 16.8 Å². The normalized spacial score (nSPS) is 10.9. The molecular weight excluding hydrogens is 219 g/mol. The average molecular weight is 228 g/mol. The number of nitrogen functional groups attached to an aromatic ring is 1. The third-order valence-corrected chi connectivity index (χ3v) is 2.52. The largest absolute Gasteiger partial charge is 0.433 e. The first-order valence-corrected chi connectivity index (χ1v) is 5.15. The summed E-state index contributed by atoms with van der Waals surface area (Å²) < 4.78 is 18.8. The van der Waals surface area contributed by atoms with Gasteiger partial charge >= 0.3 is 0 Å². The summed E-state index contributed by atoms with van der Waals surface area (Å²) in [4.78, 5) is 4.23. The fraction of sp³-hybridized carbons (Fsp3) is 0.